The lowest BCUT2D eigenvalue weighted by Crippen LogP contribution is -2.29. The summed E-state index contributed by atoms with van der Waals surface area (Å²) in [6, 6.07) is 4.17. The second-order valence-corrected chi connectivity index (χ2v) is 7.51. The van der Waals surface area contributed by atoms with Crippen molar-refractivity contribution in [3.05, 3.63) is 23.2 Å². The van der Waals surface area contributed by atoms with E-state index in [0.29, 0.717) is 19.5 Å². The average molecular weight is 377 g/mol. The number of nitrogens with one attached hydrogen (secondary N) is 2. The van der Waals surface area contributed by atoms with Gasteiger partial charge in [0.25, 0.3) is 5.91 Å². The highest BCUT2D eigenvalue weighted by Gasteiger charge is 2.15. The van der Waals surface area contributed by atoms with Crippen LogP contribution in [-0.2, 0) is 14.8 Å². The van der Waals surface area contributed by atoms with Crippen LogP contribution in [0, 0.1) is 0 Å². The first-order valence-corrected chi connectivity index (χ1v) is 9.95. The third-order valence-corrected chi connectivity index (χ3v) is 4.97. The van der Waals surface area contributed by atoms with Crippen molar-refractivity contribution in [3.8, 4) is 5.75 Å². The molecule has 8 heteroatoms. The molecule has 0 aromatic heterocycles. The van der Waals surface area contributed by atoms with Gasteiger partial charge >= 0.3 is 0 Å². The third-order valence-electron chi connectivity index (χ3n) is 3.22. The minimum absolute atomic E-state index is 0.0670. The van der Waals surface area contributed by atoms with Crippen molar-refractivity contribution in [2.45, 2.75) is 44.4 Å². The first kappa shape index (κ1) is 20.7. The Balaban J connectivity index is 2.58. The van der Waals surface area contributed by atoms with E-state index in [9.17, 15) is 13.2 Å². The molecule has 1 amide bonds. The fourth-order valence-corrected chi connectivity index (χ4v) is 3.34. The summed E-state index contributed by atoms with van der Waals surface area (Å²) >= 11 is 6.05. The highest BCUT2D eigenvalue weighted by Crippen LogP contribution is 2.27. The Labute approximate surface area is 149 Å². The topological polar surface area (TPSA) is 84.5 Å². The minimum Gasteiger partial charge on any atom is -0.482 e. The van der Waals surface area contributed by atoms with Crippen LogP contribution in [0.25, 0.3) is 0 Å². The van der Waals surface area contributed by atoms with Gasteiger partial charge in [0.15, 0.2) is 6.61 Å². The number of hydrogen-bond acceptors (Lipinski definition) is 4. The van der Waals surface area contributed by atoms with Crippen LogP contribution in [0.3, 0.4) is 0 Å². The van der Waals surface area contributed by atoms with Gasteiger partial charge in [0.05, 0.1) is 9.92 Å². The van der Waals surface area contributed by atoms with Gasteiger partial charge in [-0.2, -0.15) is 0 Å². The number of carbonyl (C=O) groups excluding carboxylic acids is 1. The van der Waals surface area contributed by atoms with Gasteiger partial charge in [0.1, 0.15) is 5.75 Å². The number of amides is 1. The summed E-state index contributed by atoms with van der Waals surface area (Å²) in [5.41, 5.74) is 0. The van der Waals surface area contributed by atoms with Gasteiger partial charge in [-0.05, 0) is 31.0 Å². The fraction of sp³-hybridized carbons (Fsp3) is 0.562. The highest BCUT2D eigenvalue weighted by atomic mass is 35.5. The number of benzene rings is 1. The quantitative estimate of drug-likeness (QED) is 0.581. The molecule has 0 unspecified atom stereocenters. The summed E-state index contributed by atoms with van der Waals surface area (Å²) in [5, 5.41) is 2.90. The maximum atomic E-state index is 12.0. The number of rotatable bonds is 11. The van der Waals surface area contributed by atoms with Crippen LogP contribution >= 0.6 is 11.6 Å². The standard InChI is InChI=1S/C16H25ClN2O4S/c1-3-5-6-10-18-16(20)12-23-15-8-7-13(11-14(15)17)24(21,22)19-9-4-2/h7-8,11,19H,3-6,9-10,12H2,1-2H3,(H,18,20). The summed E-state index contributed by atoms with van der Waals surface area (Å²) in [4.78, 5) is 11.7. The summed E-state index contributed by atoms with van der Waals surface area (Å²) < 4.78 is 31.8. The van der Waals surface area contributed by atoms with E-state index in [1.165, 1.54) is 18.2 Å². The summed E-state index contributed by atoms with van der Waals surface area (Å²) in [7, 11) is -3.58. The van der Waals surface area contributed by atoms with Crippen molar-refractivity contribution in [1.82, 2.24) is 10.0 Å². The van der Waals surface area contributed by atoms with Crippen molar-refractivity contribution < 1.29 is 17.9 Å². The van der Waals surface area contributed by atoms with Crippen molar-refractivity contribution >= 4 is 27.5 Å². The number of halogens is 1. The third kappa shape index (κ3) is 7.07. The Morgan fingerprint density at radius 2 is 1.92 bits per heavy atom. The zero-order valence-electron chi connectivity index (χ0n) is 14.1. The van der Waals surface area contributed by atoms with Crippen molar-refractivity contribution in [3.63, 3.8) is 0 Å². The lowest BCUT2D eigenvalue weighted by molar-refractivity contribution is -0.123. The monoisotopic (exact) mass is 376 g/mol. The predicted molar refractivity (Wildman–Crippen MR) is 95.0 cm³/mol. The molecule has 0 radical (unpaired) electrons. The Hall–Kier alpha value is -1.31. The average Bonchev–Trinajstić information content (AvgIpc) is 2.55. The molecule has 2 N–H and O–H groups in total. The molecule has 0 heterocycles. The van der Waals surface area contributed by atoms with E-state index in [1.54, 1.807) is 0 Å². The van der Waals surface area contributed by atoms with Gasteiger partial charge in [-0.3, -0.25) is 4.79 Å². The molecule has 0 aliphatic heterocycles. The fourth-order valence-electron chi connectivity index (χ4n) is 1.88. The molecule has 136 valence electrons. The van der Waals surface area contributed by atoms with Crippen molar-refractivity contribution in [2.24, 2.45) is 0 Å². The largest absolute Gasteiger partial charge is 0.482 e. The molecule has 24 heavy (non-hydrogen) atoms. The first-order chi connectivity index (χ1) is 11.4. The van der Waals surface area contributed by atoms with E-state index in [-0.39, 0.29) is 28.2 Å². The molecule has 0 aliphatic carbocycles. The van der Waals surface area contributed by atoms with E-state index in [2.05, 4.69) is 17.0 Å². The van der Waals surface area contributed by atoms with Gasteiger partial charge < -0.3 is 10.1 Å². The van der Waals surface area contributed by atoms with Gasteiger partial charge in [-0.1, -0.05) is 38.3 Å². The van der Waals surface area contributed by atoms with Gasteiger partial charge in [0.2, 0.25) is 10.0 Å². The molecule has 0 saturated heterocycles. The Morgan fingerprint density at radius 3 is 2.54 bits per heavy atom. The maximum absolute atomic E-state index is 12.0. The number of ether oxygens (including phenoxy) is 1. The normalized spacial score (nSPS) is 11.3. The molecule has 0 bridgehead atoms. The molecule has 6 nitrogen and oxygen atoms in total. The van der Waals surface area contributed by atoms with Crippen LogP contribution in [0.4, 0.5) is 0 Å². The Kier molecular flexibility index (Phi) is 9.10. The molecule has 1 rings (SSSR count). The zero-order valence-corrected chi connectivity index (χ0v) is 15.7. The molecule has 0 atom stereocenters. The summed E-state index contributed by atoms with van der Waals surface area (Å²) in [6.07, 6.45) is 3.78. The molecule has 1 aromatic carbocycles. The second kappa shape index (κ2) is 10.5. The van der Waals surface area contributed by atoms with Crippen molar-refractivity contribution in [2.75, 3.05) is 19.7 Å². The molecule has 0 saturated carbocycles. The number of carbonyl (C=O) groups is 1. The van der Waals surface area contributed by atoms with E-state index in [1.807, 2.05) is 6.92 Å². The molecule has 1 aromatic rings. The van der Waals surface area contributed by atoms with Crippen LogP contribution in [0.1, 0.15) is 39.5 Å². The zero-order chi connectivity index (χ0) is 18.0. The first-order valence-electron chi connectivity index (χ1n) is 8.09. The molecular formula is C16H25ClN2O4S. The number of sulfonamides is 1. The van der Waals surface area contributed by atoms with E-state index in [0.717, 1.165) is 19.3 Å². The highest BCUT2D eigenvalue weighted by molar-refractivity contribution is 7.89. The van der Waals surface area contributed by atoms with Crippen molar-refractivity contribution in [1.29, 1.82) is 0 Å². The SMILES string of the molecule is CCCCCNC(=O)COc1ccc(S(=O)(=O)NCCC)cc1Cl. The second-order valence-electron chi connectivity index (χ2n) is 5.34. The molecule has 0 spiro atoms. The smallest absolute Gasteiger partial charge is 0.257 e. The Morgan fingerprint density at radius 1 is 1.17 bits per heavy atom. The number of unbranched alkanes of at least 4 members (excludes halogenated alkanes) is 2. The van der Waals surface area contributed by atoms with Gasteiger partial charge in [-0.15, -0.1) is 0 Å². The van der Waals surface area contributed by atoms with Crippen LogP contribution in [-0.4, -0.2) is 34.0 Å². The molecule has 0 fully saturated rings. The Bertz CT molecular complexity index is 635. The lowest BCUT2D eigenvalue weighted by atomic mass is 10.2. The van der Waals surface area contributed by atoms with Crippen LogP contribution < -0.4 is 14.8 Å². The van der Waals surface area contributed by atoms with E-state index in [4.69, 9.17) is 16.3 Å². The number of hydrogen-bond donors (Lipinski definition) is 2. The van der Waals surface area contributed by atoms with Crippen LogP contribution in [0.2, 0.25) is 5.02 Å². The predicted octanol–water partition coefficient (Wildman–Crippen LogP) is 2.71. The maximum Gasteiger partial charge on any atom is 0.257 e. The van der Waals surface area contributed by atoms with Gasteiger partial charge in [0, 0.05) is 13.1 Å². The van der Waals surface area contributed by atoms with E-state index < -0.39 is 10.0 Å². The van der Waals surface area contributed by atoms with E-state index >= 15 is 0 Å². The summed E-state index contributed by atoms with van der Waals surface area (Å²) in [6.45, 7) is 4.78. The summed E-state index contributed by atoms with van der Waals surface area (Å²) in [5.74, 6) is 0.0401. The lowest BCUT2D eigenvalue weighted by Gasteiger charge is -2.11. The van der Waals surface area contributed by atoms with Gasteiger partial charge in [-0.25, -0.2) is 13.1 Å². The minimum atomic E-state index is -3.58. The molecule has 0 aliphatic rings. The van der Waals surface area contributed by atoms with Crippen LogP contribution in [0.5, 0.6) is 5.75 Å². The molecular weight excluding hydrogens is 352 g/mol. The van der Waals surface area contributed by atoms with Crippen LogP contribution in [0.15, 0.2) is 23.1 Å².